The predicted molar refractivity (Wildman–Crippen MR) is 63.7 cm³/mol. The van der Waals surface area contributed by atoms with Crippen molar-refractivity contribution in [1.29, 1.82) is 0 Å². The van der Waals surface area contributed by atoms with Crippen LogP contribution in [0.3, 0.4) is 0 Å². The Morgan fingerprint density at radius 1 is 1.37 bits per heavy atom. The third kappa shape index (κ3) is 1.95. The molecule has 19 heavy (non-hydrogen) atoms. The van der Waals surface area contributed by atoms with E-state index in [1.54, 1.807) is 18.2 Å². The van der Waals surface area contributed by atoms with Gasteiger partial charge in [-0.3, -0.25) is 4.57 Å². The van der Waals surface area contributed by atoms with Gasteiger partial charge in [-0.25, -0.2) is 9.59 Å². The van der Waals surface area contributed by atoms with Crippen LogP contribution >= 0.6 is 0 Å². The molecule has 1 aliphatic heterocycles. The zero-order valence-corrected chi connectivity index (χ0v) is 9.75. The first-order chi connectivity index (χ1) is 9.15. The second kappa shape index (κ2) is 4.20. The number of fused-ring (bicyclic) bond motifs is 1. The van der Waals surface area contributed by atoms with E-state index in [2.05, 4.69) is 4.98 Å². The molecule has 1 aromatic carbocycles. The molecule has 1 aromatic heterocycles. The average Bonchev–Trinajstić information content (AvgIpc) is 2.97. The summed E-state index contributed by atoms with van der Waals surface area (Å²) in [7, 11) is 0. The summed E-state index contributed by atoms with van der Waals surface area (Å²) >= 11 is 0. The fourth-order valence-electron chi connectivity index (χ4n) is 1.95. The van der Waals surface area contributed by atoms with Crippen LogP contribution in [0.1, 0.15) is 16.1 Å². The molecule has 0 radical (unpaired) electrons. The number of carboxylic acid groups (broad SMARTS) is 1. The first-order valence-electron chi connectivity index (χ1n) is 5.55. The summed E-state index contributed by atoms with van der Waals surface area (Å²) in [5.41, 5.74) is 0.214. The Morgan fingerprint density at radius 2 is 2.16 bits per heavy atom. The van der Waals surface area contributed by atoms with E-state index in [0.29, 0.717) is 11.5 Å². The van der Waals surface area contributed by atoms with E-state index in [-0.39, 0.29) is 19.0 Å². The largest absolute Gasteiger partial charge is 0.477 e. The van der Waals surface area contributed by atoms with E-state index in [1.165, 1.54) is 6.20 Å². The lowest BCUT2D eigenvalue weighted by Gasteiger charge is -2.05. The highest BCUT2D eigenvalue weighted by molar-refractivity contribution is 5.85. The van der Waals surface area contributed by atoms with Crippen LogP contribution in [-0.4, -0.2) is 27.4 Å². The van der Waals surface area contributed by atoms with E-state index in [4.69, 9.17) is 14.6 Å². The van der Waals surface area contributed by atoms with Crippen LogP contribution in [-0.2, 0) is 6.54 Å². The van der Waals surface area contributed by atoms with Crippen molar-refractivity contribution < 1.29 is 19.4 Å². The maximum absolute atomic E-state index is 11.6. The fraction of sp³-hybridized carbons (Fsp3) is 0.167. The third-order valence-electron chi connectivity index (χ3n) is 2.87. The summed E-state index contributed by atoms with van der Waals surface area (Å²) < 4.78 is 11.6. The summed E-state index contributed by atoms with van der Waals surface area (Å²) in [5.74, 6) is 0.0840. The number of carboxylic acids is 1. The molecule has 0 spiro atoms. The lowest BCUT2D eigenvalue weighted by molar-refractivity contribution is 0.0685. The number of hydrogen-bond donors (Lipinski definition) is 2. The number of nitrogens with zero attached hydrogens (tertiary/aromatic N) is 1. The zero-order chi connectivity index (χ0) is 13.4. The van der Waals surface area contributed by atoms with Gasteiger partial charge >= 0.3 is 11.7 Å². The predicted octanol–water partition coefficient (Wildman–Crippen LogP) is 0.652. The molecule has 1 aliphatic rings. The molecule has 0 aliphatic carbocycles. The number of benzene rings is 1. The highest BCUT2D eigenvalue weighted by atomic mass is 16.7. The number of aromatic nitrogens is 2. The third-order valence-corrected chi connectivity index (χ3v) is 2.87. The van der Waals surface area contributed by atoms with Gasteiger partial charge in [-0.05, 0) is 17.7 Å². The number of rotatable bonds is 3. The van der Waals surface area contributed by atoms with Crippen molar-refractivity contribution in [2.24, 2.45) is 0 Å². The van der Waals surface area contributed by atoms with Crippen LogP contribution in [0.15, 0.2) is 29.2 Å². The molecule has 98 valence electrons. The highest BCUT2D eigenvalue weighted by Crippen LogP contribution is 2.32. The second-order valence-corrected chi connectivity index (χ2v) is 4.06. The van der Waals surface area contributed by atoms with Gasteiger partial charge in [0.25, 0.3) is 0 Å². The number of aromatic carboxylic acids is 1. The maximum atomic E-state index is 11.6. The standard InChI is InChI=1S/C12H10N2O5/c15-11(16)8-4-13-12(17)14(8)5-7-1-2-9-10(3-7)19-6-18-9/h1-4H,5-6H2,(H,13,17)(H,15,16). The van der Waals surface area contributed by atoms with Crippen LogP contribution in [0.25, 0.3) is 0 Å². The molecule has 2 aromatic rings. The van der Waals surface area contributed by atoms with Crippen LogP contribution in [0, 0.1) is 0 Å². The molecule has 2 N–H and O–H groups in total. The van der Waals surface area contributed by atoms with Crippen molar-refractivity contribution >= 4 is 5.97 Å². The summed E-state index contributed by atoms with van der Waals surface area (Å²) in [6.45, 7) is 0.323. The minimum absolute atomic E-state index is 0.0809. The summed E-state index contributed by atoms with van der Waals surface area (Å²) in [5, 5.41) is 8.99. The molecule has 0 atom stereocenters. The van der Waals surface area contributed by atoms with Crippen LogP contribution in [0.5, 0.6) is 11.5 Å². The number of ether oxygens (including phenoxy) is 2. The van der Waals surface area contributed by atoms with Crippen molar-refractivity contribution in [1.82, 2.24) is 9.55 Å². The van der Waals surface area contributed by atoms with Crippen LogP contribution in [0.4, 0.5) is 0 Å². The number of nitrogens with one attached hydrogen (secondary N) is 1. The Labute approximate surface area is 107 Å². The van der Waals surface area contributed by atoms with Crippen molar-refractivity contribution in [3.05, 3.63) is 46.1 Å². The second-order valence-electron chi connectivity index (χ2n) is 4.06. The molecule has 2 heterocycles. The van der Waals surface area contributed by atoms with Crippen molar-refractivity contribution in [2.45, 2.75) is 6.54 Å². The van der Waals surface area contributed by atoms with Gasteiger partial charge in [-0.1, -0.05) is 6.07 Å². The Hall–Kier alpha value is -2.70. The van der Waals surface area contributed by atoms with Gasteiger partial charge in [0, 0.05) is 6.20 Å². The quantitative estimate of drug-likeness (QED) is 0.847. The molecular formula is C12H10N2O5. The average molecular weight is 262 g/mol. The van der Waals surface area contributed by atoms with Gasteiger partial charge in [-0.15, -0.1) is 0 Å². The molecule has 7 nitrogen and oxygen atoms in total. The Morgan fingerprint density at radius 3 is 2.95 bits per heavy atom. The Balaban J connectivity index is 1.95. The van der Waals surface area contributed by atoms with E-state index in [9.17, 15) is 9.59 Å². The number of aromatic amines is 1. The molecule has 0 fully saturated rings. The van der Waals surface area contributed by atoms with Crippen molar-refractivity contribution in [3.63, 3.8) is 0 Å². The van der Waals surface area contributed by atoms with Gasteiger partial charge in [0.05, 0.1) is 6.54 Å². The van der Waals surface area contributed by atoms with Crippen molar-refractivity contribution in [3.8, 4) is 11.5 Å². The molecule has 0 unspecified atom stereocenters. The molecule has 0 saturated heterocycles. The smallest absolute Gasteiger partial charge is 0.354 e. The van der Waals surface area contributed by atoms with Gasteiger partial charge in [0.1, 0.15) is 5.69 Å². The van der Waals surface area contributed by atoms with E-state index in [0.717, 1.165) is 10.1 Å². The molecule has 7 heteroatoms. The first kappa shape index (κ1) is 11.4. The lowest BCUT2D eigenvalue weighted by Crippen LogP contribution is -2.21. The minimum atomic E-state index is -1.15. The van der Waals surface area contributed by atoms with Crippen molar-refractivity contribution in [2.75, 3.05) is 6.79 Å². The lowest BCUT2D eigenvalue weighted by atomic mass is 10.2. The van der Waals surface area contributed by atoms with E-state index < -0.39 is 11.7 Å². The minimum Gasteiger partial charge on any atom is -0.477 e. The van der Waals surface area contributed by atoms with E-state index >= 15 is 0 Å². The molecule has 0 bridgehead atoms. The summed E-state index contributed by atoms with van der Waals surface area (Å²) in [6, 6.07) is 5.22. The molecule has 3 rings (SSSR count). The first-order valence-corrected chi connectivity index (χ1v) is 5.55. The van der Waals surface area contributed by atoms with E-state index in [1.807, 2.05) is 0 Å². The Bertz CT molecular complexity index is 700. The zero-order valence-electron chi connectivity index (χ0n) is 9.75. The van der Waals surface area contributed by atoms with Gasteiger partial charge in [-0.2, -0.15) is 0 Å². The molecular weight excluding hydrogens is 252 g/mol. The summed E-state index contributed by atoms with van der Waals surface area (Å²) in [6.07, 6.45) is 1.18. The monoisotopic (exact) mass is 262 g/mol. The number of imidazole rings is 1. The van der Waals surface area contributed by atoms with Gasteiger partial charge < -0.3 is 19.6 Å². The molecule has 0 amide bonds. The summed E-state index contributed by atoms with van der Waals surface area (Å²) in [4.78, 5) is 24.9. The fourth-order valence-corrected chi connectivity index (χ4v) is 1.95. The van der Waals surface area contributed by atoms with Gasteiger partial charge in [0.2, 0.25) is 6.79 Å². The Kier molecular flexibility index (Phi) is 2.52. The highest BCUT2D eigenvalue weighted by Gasteiger charge is 2.16. The van der Waals surface area contributed by atoms with Crippen LogP contribution in [0.2, 0.25) is 0 Å². The SMILES string of the molecule is O=C(O)c1c[nH]c(=O)n1Cc1ccc2c(c1)OCO2. The maximum Gasteiger partial charge on any atom is 0.354 e. The topological polar surface area (TPSA) is 93.6 Å². The number of hydrogen-bond acceptors (Lipinski definition) is 4. The normalized spacial score (nSPS) is 12.6. The van der Waals surface area contributed by atoms with Crippen LogP contribution < -0.4 is 15.2 Å². The number of carbonyl (C=O) groups is 1. The van der Waals surface area contributed by atoms with Gasteiger partial charge in [0.15, 0.2) is 11.5 Å². The molecule has 0 saturated carbocycles. The number of H-pyrrole nitrogens is 1.